The summed E-state index contributed by atoms with van der Waals surface area (Å²) in [5.41, 5.74) is 0.712. The Labute approximate surface area is 171 Å². The Morgan fingerprint density at radius 2 is 1.86 bits per heavy atom. The van der Waals surface area contributed by atoms with E-state index in [-0.39, 0.29) is 29.6 Å². The van der Waals surface area contributed by atoms with E-state index < -0.39 is 4.92 Å². The summed E-state index contributed by atoms with van der Waals surface area (Å²) in [4.78, 5) is 41.1. The van der Waals surface area contributed by atoms with Crippen molar-refractivity contribution in [2.45, 2.75) is 38.8 Å². The molecule has 29 heavy (non-hydrogen) atoms. The van der Waals surface area contributed by atoms with Gasteiger partial charge in [-0.25, -0.2) is 0 Å². The van der Waals surface area contributed by atoms with Crippen LogP contribution in [0.1, 0.15) is 37.0 Å². The number of nitro benzene ring substituents is 1. The molecule has 0 aliphatic carbocycles. The van der Waals surface area contributed by atoms with Gasteiger partial charge in [0.2, 0.25) is 5.91 Å². The number of nitrogens with one attached hydrogen (secondary N) is 1. The molecular formula is C20H31N5O4. The maximum Gasteiger partial charge on any atom is 0.293 e. The van der Waals surface area contributed by atoms with E-state index in [0.29, 0.717) is 30.9 Å². The minimum Gasteiger partial charge on any atom is -0.372 e. The molecule has 9 nitrogen and oxygen atoms in total. The van der Waals surface area contributed by atoms with Gasteiger partial charge in [-0.3, -0.25) is 24.6 Å². The molecule has 2 amide bonds. The maximum atomic E-state index is 12.8. The number of likely N-dealkylation sites (N-methyl/N-ethyl adjacent to an activating group) is 1. The van der Waals surface area contributed by atoms with E-state index in [0.717, 1.165) is 12.8 Å². The normalized spacial score (nSPS) is 14.9. The quantitative estimate of drug-likeness (QED) is 0.548. The molecule has 0 spiro atoms. The average Bonchev–Trinajstić information content (AvgIpc) is 2.66. The van der Waals surface area contributed by atoms with Gasteiger partial charge >= 0.3 is 0 Å². The van der Waals surface area contributed by atoms with Crippen LogP contribution in [0.15, 0.2) is 18.2 Å². The van der Waals surface area contributed by atoms with Crippen LogP contribution in [-0.2, 0) is 4.79 Å². The molecule has 1 aliphatic heterocycles. The van der Waals surface area contributed by atoms with Gasteiger partial charge in [0.1, 0.15) is 5.69 Å². The van der Waals surface area contributed by atoms with E-state index in [2.05, 4.69) is 5.32 Å². The Hall–Kier alpha value is -2.68. The number of hydrogen-bond acceptors (Lipinski definition) is 6. The molecule has 9 heteroatoms. The van der Waals surface area contributed by atoms with Crippen molar-refractivity contribution in [1.29, 1.82) is 0 Å². The van der Waals surface area contributed by atoms with Crippen molar-refractivity contribution >= 4 is 23.2 Å². The van der Waals surface area contributed by atoms with Crippen LogP contribution in [0.25, 0.3) is 0 Å². The SMILES string of the molecule is CC(C)NC(=O)CN(C)C1CCN(C(=O)c2ccc(N(C)C)c([N+](=O)[O-])c2)CC1. The first-order valence-corrected chi connectivity index (χ1v) is 9.84. The summed E-state index contributed by atoms with van der Waals surface area (Å²) in [5, 5.41) is 14.3. The van der Waals surface area contributed by atoms with Crippen LogP contribution in [0.2, 0.25) is 0 Å². The summed E-state index contributed by atoms with van der Waals surface area (Å²) in [6, 6.07) is 4.94. The fourth-order valence-corrected chi connectivity index (χ4v) is 3.60. The van der Waals surface area contributed by atoms with Crippen LogP contribution in [0, 0.1) is 10.1 Å². The number of nitrogens with zero attached hydrogens (tertiary/aromatic N) is 4. The van der Waals surface area contributed by atoms with Gasteiger partial charge in [0.05, 0.1) is 11.5 Å². The number of nitro groups is 1. The molecule has 1 aliphatic rings. The smallest absolute Gasteiger partial charge is 0.293 e. The number of carbonyl (C=O) groups is 2. The summed E-state index contributed by atoms with van der Waals surface area (Å²) in [7, 11) is 5.38. The van der Waals surface area contributed by atoms with E-state index in [1.807, 2.05) is 25.8 Å². The second-order valence-electron chi connectivity index (χ2n) is 8.02. The average molecular weight is 405 g/mol. The molecule has 0 aromatic heterocycles. The fraction of sp³-hybridized carbons (Fsp3) is 0.600. The first-order valence-electron chi connectivity index (χ1n) is 9.84. The molecular weight excluding hydrogens is 374 g/mol. The van der Waals surface area contributed by atoms with E-state index in [1.54, 1.807) is 36.0 Å². The lowest BCUT2D eigenvalue weighted by molar-refractivity contribution is -0.384. The van der Waals surface area contributed by atoms with Crippen molar-refractivity contribution in [2.75, 3.05) is 45.7 Å². The number of hydrogen-bond donors (Lipinski definition) is 1. The molecule has 1 N–H and O–H groups in total. The molecule has 1 aromatic rings. The van der Waals surface area contributed by atoms with Crippen molar-refractivity contribution in [2.24, 2.45) is 0 Å². The molecule has 0 unspecified atom stereocenters. The Morgan fingerprint density at radius 1 is 1.24 bits per heavy atom. The van der Waals surface area contributed by atoms with Crippen molar-refractivity contribution in [3.63, 3.8) is 0 Å². The predicted octanol–water partition coefficient (Wildman–Crippen LogP) is 1.72. The lowest BCUT2D eigenvalue weighted by Crippen LogP contribution is -2.48. The Balaban J connectivity index is 1.99. The standard InChI is InChI=1S/C20H31N5O4/c1-14(2)21-19(26)13-23(5)16-8-10-24(11-9-16)20(27)15-6-7-17(22(3)4)18(12-15)25(28)29/h6-7,12,14,16H,8-11,13H2,1-5H3,(H,21,26). The van der Waals surface area contributed by atoms with Gasteiger partial charge < -0.3 is 15.1 Å². The van der Waals surface area contributed by atoms with Crippen molar-refractivity contribution in [3.05, 3.63) is 33.9 Å². The molecule has 0 saturated carbocycles. The first-order chi connectivity index (χ1) is 13.6. The lowest BCUT2D eigenvalue weighted by atomic mass is 10.0. The van der Waals surface area contributed by atoms with Gasteiger partial charge in [0.25, 0.3) is 11.6 Å². The van der Waals surface area contributed by atoms with E-state index in [9.17, 15) is 19.7 Å². The van der Waals surface area contributed by atoms with Gasteiger partial charge in [0.15, 0.2) is 0 Å². The second kappa shape index (κ2) is 9.69. The Bertz CT molecular complexity index is 757. The highest BCUT2D eigenvalue weighted by atomic mass is 16.6. The van der Waals surface area contributed by atoms with Crippen LogP contribution >= 0.6 is 0 Å². The fourth-order valence-electron chi connectivity index (χ4n) is 3.60. The Kier molecular flexibility index (Phi) is 7.55. The zero-order valence-electron chi connectivity index (χ0n) is 17.8. The number of carbonyl (C=O) groups excluding carboxylic acids is 2. The second-order valence-corrected chi connectivity index (χ2v) is 8.02. The highest BCUT2D eigenvalue weighted by molar-refractivity contribution is 5.95. The van der Waals surface area contributed by atoms with E-state index >= 15 is 0 Å². The summed E-state index contributed by atoms with van der Waals surface area (Å²) >= 11 is 0. The van der Waals surface area contributed by atoms with Gasteiger partial charge in [-0.2, -0.15) is 0 Å². The maximum absolute atomic E-state index is 12.8. The van der Waals surface area contributed by atoms with Crippen molar-refractivity contribution < 1.29 is 14.5 Å². The van der Waals surface area contributed by atoms with Crippen LogP contribution in [-0.4, -0.2) is 79.4 Å². The Morgan fingerprint density at radius 3 is 2.38 bits per heavy atom. The summed E-state index contributed by atoms with van der Waals surface area (Å²) in [6.45, 7) is 5.30. The topological polar surface area (TPSA) is 99.0 Å². The number of piperidine rings is 1. The summed E-state index contributed by atoms with van der Waals surface area (Å²) in [5.74, 6) is -0.202. The van der Waals surface area contributed by atoms with Crippen LogP contribution in [0.3, 0.4) is 0 Å². The lowest BCUT2D eigenvalue weighted by Gasteiger charge is -2.36. The zero-order valence-corrected chi connectivity index (χ0v) is 17.8. The number of amides is 2. The highest BCUT2D eigenvalue weighted by Crippen LogP contribution is 2.28. The van der Waals surface area contributed by atoms with Crippen molar-refractivity contribution in [3.8, 4) is 0 Å². The summed E-state index contributed by atoms with van der Waals surface area (Å²) in [6.07, 6.45) is 1.52. The first kappa shape index (κ1) is 22.6. The molecule has 160 valence electrons. The third-order valence-corrected chi connectivity index (χ3v) is 5.12. The molecule has 0 bridgehead atoms. The molecule has 2 rings (SSSR count). The van der Waals surface area contributed by atoms with E-state index in [1.165, 1.54) is 6.07 Å². The molecule has 1 fully saturated rings. The number of likely N-dealkylation sites (tertiary alicyclic amines) is 1. The minimum absolute atomic E-state index is 0.00528. The molecule has 1 aromatic carbocycles. The monoisotopic (exact) mass is 405 g/mol. The molecule has 1 saturated heterocycles. The number of benzene rings is 1. The minimum atomic E-state index is -0.463. The number of anilines is 1. The predicted molar refractivity (Wildman–Crippen MR) is 112 cm³/mol. The van der Waals surface area contributed by atoms with Crippen LogP contribution in [0.5, 0.6) is 0 Å². The molecule has 0 atom stereocenters. The van der Waals surface area contributed by atoms with Gasteiger partial charge in [-0.15, -0.1) is 0 Å². The number of rotatable bonds is 7. The largest absolute Gasteiger partial charge is 0.372 e. The highest BCUT2D eigenvalue weighted by Gasteiger charge is 2.28. The van der Waals surface area contributed by atoms with Crippen LogP contribution < -0.4 is 10.2 Å². The van der Waals surface area contributed by atoms with E-state index in [4.69, 9.17) is 0 Å². The molecule has 1 heterocycles. The van der Waals surface area contributed by atoms with Gasteiger partial charge in [-0.05, 0) is 45.9 Å². The zero-order chi connectivity index (χ0) is 21.7. The summed E-state index contributed by atoms with van der Waals surface area (Å²) < 4.78 is 0. The molecule has 0 radical (unpaired) electrons. The third kappa shape index (κ3) is 5.90. The third-order valence-electron chi connectivity index (χ3n) is 5.12. The van der Waals surface area contributed by atoms with Crippen LogP contribution in [0.4, 0.5) is 11.4 Å². The van der Waals surface area contributed by atoms with Crippen molar-refractivity contribution in [1.82, 2.24) is 15.1 Å². The van der Waals surface area contributed by atoms with Gasteiger partial charge in [-0.1, -0.05) is 0 Å². The van der Waals surface area contributed by atoms with Gasteiger partial charge in [0, 0.05) is 50.9 Å².